The lowest BCUT2D eigenvalue weighted by Crippen LogP contribution is -2.39. The minimum atomic E-state index is 0.121. The van der Waals surface area contributed by atoms with Crippen LogP contribution >= 0.6 is 0 Å². The number of nitrogens with one attached hydrogen (secondary N) is 1. The molecule has 2 aromatic rings. The second kappa shape index (κ2) is 5.84. The van der Waals surface area contributed by atoms with Gasteiger partial charge >= 0.3 is 0 Å². The van der Waals surface area contributed by atoms with Crippen molar-refractivity contribution in [3.63, 3.8) is 0 Å². The molecular formula is C19H23N3O. The van der Waals surface area contributed by atoms with Crippen LogP contribution in [-0.4, -0.2) is 27.3 Å². The first-order valence-corrected chi connectivity index (χ1v) is 8.65. The number of carbonyl (C=O) groups is 1. The number of H-pyrrole nitrogens is 1. The smallest absolute Gasteiger partial charge is 0.226 e. The average Bonchev–Trinajstić information content (AvgIpc) is 3.32. The van der Waals surface area contributed by atoms with E-state index in [1.807, 2.05) is 6.20 Å². The first kappa shape index (κ1) is 14.5. The fourth-order valence-electron chi connectivity index (χ4n) is 3.43. The number of rotatable bonds is 3. The van der Waals surface area contributed by atoms with Crippen LogP contribution in [0.4, 0.5) is 0 Å². The van der Waals surface area contributed by atoms with Gasteiger partial charge in [-0.05, 0) is 44.6 Å². The van der Waals surface area contributed by atoms with Crippen LogP contribution in [0, 0.1) is 12.8 Å². The number of aromatic amines is 1. The highest BCUT2D eigenvalue weighted by atomic mass is 16.2. The van der Waals surface area contributed by atoms with Crippen molar-refractivity contribution in [2.24, 2.45) is 5.92 Å². The molecule has 1 unspecified atom stereocenters. The molecule has 4 heteroatoms. The van der Waals surface area contributed by atoms with E-state index in [1.54, 1.807) is 0 Å². The number of imidazole rings is 1. The first-order chi connectivity index (χ1) is 11.2. The first-order valence-electron chi connectivity index (χ1n) is 8.65. The van der Waals surface area contributed by atoms with Crippen molar-refractivity contribution < 1.29 is 4.79 Å². The molecule has 1 atom stereocenters. The summed E-state index contributed by atoms with van der Waals surface area (Å²) in [4.78, 5) is 22.7. The molecule has 1 aliphatic heterocycles. The van der Waals surface area contributed by atoms with Crippen LogP contribution in [-0.2, 0) is 4.79 Å². The molecule has 4 rings (SSSR count). The Bertz CT molecular complexity index is 700. The lowest BCUT2D eigenvalue weighted by Gasteiger charge is -2.34. The van der Waals surface area contributed by atoms with Crippen molar-refractivity contribution in [3.8, 4) is 11.3 Å². The molecule has 1 saturated carbocycles. The van der Waals surface area contributed by atoms with E-state index in [-0.39, 0.29) is 12.0 Å². The van der Waals surface area contributed by atoms with E-state index < -0.39 is 0 Å². The Balaban J connectivity index is 1.58. The number of nitrogens with zero attached hydrogens (tertiary/aromatic N) is 2. The van der Waals surface area contributed by atoms with Crippen molar-refractivity contribution in [2.75, 3.05) is 6.54 Å². The molecule has 0 radical (unpaired) electrons. The number of aromatic nitrogens is 2. The fraction of sp³-hybridized carbons (Fsp3) is 0.474. The molecule has 1 aromatic carbocycles. The third-order valence-corrected chi connectivity index (χ3v) is 4.99. The van der Waals surface area contributed by atoms with Gasteiger partial charge in [0.15, 0.2) is 0 Å². The van der Waals surface area contributed by atoms with E-state index in [0.29, 0.717) is 5.91 Å². The van der Waals surface area contributed by atoms with Gasteiger partial charge in [0.25, 0.3) is 0 Å². The van der Waals surface area contributed by atoms with Crippen LogP contribution < -0.4 is 0 Å². The number of carbonyl (C=O) groups excluding carboxylic acids is 1. The quantitative estimate of drug-likeness (QED) is 0.936. The predicted octanol–water partition coefficient (Wildman–Crippen LogP) is 3.85. The molecule has 1 N–H and O–H groups in total. The van der Waals surface area contributed by atoms with Crippen LogP contribution in [0.3, 0.4) is 0 Å². The number of benzene rings is 1. The molecule has 120 valence electrons. The zero-order valence-electron chi connectivity index (χ0n) is 13.6. The maximum Gasteiger partial charge on any atom is 0.226 e. The summed E-state index contributed by atoms with van der Waals surface area (Å²) in [5, 5.41) is 0. The van der Waals surface area contributed by atoms with E-state index in [9.17, 15) is 4.79 Å². The molecule has 0 bridgehead atoms. The van der Waals surface area contributed by atoms with Gasteiger partial charge in [-0.2, -0.15) is 0 Å². The highest BCUT2D eigenvalue weighted by Crippen LogP contribution is 2.37. The molecule has 2 fully saturated rings. The van der Waals surface area contributed by atoms with Crippen LogP contribution in [0.1, 0.15) is 49.5 Å². The lowest BCUT2D eigenvalue weighted by atomic mass is 10.0. The third-order valence-electron chi connectivity index (χ3n) is 4.99. The Morgan fingerprint density at radius 2 is 1.96 bits per heavy atom. The minimum absolute atomic E-state index is 0.121. The van der Waals surface area contributed by atoms with E-state index in [4.69, 9.17) is 0 Å². The zero-order chi connectivity index (χ0) is 15.8. The maximum absolute atomic E-state index is 12.5. The summed E-state index contributed by atoms with van der Waals surface area (Å²) in [6.45, 7) is 2.96. The molecule has 23 heavy (non-hydrogen) atoms. The Kier molecular flexibility index (Phi) is 3.68. The van der Waals surface area contributed by atoms with Gasteiger partial charge in [0, 0.05) is 12.5 Å². The standard InChI is InChI=1S/C19H23N3O/c1-13-5-7-14(8-6-13)16-12-20-18(21-16)17-4-2-3-11-22(17)19(23)15-9-10-15/h5-8,12,15,17H,2-4,9-11H2,1H3,(H,20,21). The number of hydrogen-bond acceptors (Lipinski definition) is 2. The number of amides is 1. The fourth-order valence-corrected chi connectivity index (χ4v) is 3.43. The average molecular weight is 309 g/mol. The second-order valence-corrected chi connectivity index (χ2v) is 6.87. The highest BCUT2D eigenvalue weighted by Gasteiger charge is 2.38. The topological polar surface area (TPSA) is 49.0 Å². The molecule has 2 aliphatic rings. The Morgan fingerprint density at radius 3 is 2.70 bits per heavy atom. The molecule has 0 spiro atoms. The van der Waals surface area contributed by atoms with Crippen LogP contribution in [0.2, 0.25) is 0 Å². The van der Waals surface area contributed by atoms with E-state index in [2.05, 4.69) is 46.1 Å². The summed E-state index contributed by atoms with van der Waals surface area (Å²) < 4.78 is 0. The zero-order valence-corrected chi connectivity index (χ0v) is 13.6. The van der Waals surface area contributed by atoms with E-state index in [1.165, 1.54) is 12.0 Å². The van der Waals surface area contributed by atoms with Gasteiger partial charge in [-0.25, -0.2) is 4.98 Å². The number of likely N-dealkylation sites (tertiary alicyclic amines) is 1. The summed E-state index contributed by atoms with van der Waals surface area (Å²) in [5.74, 6) is 1.55. The third kappa shape index (κ3) is 2.90. The van der Waals surface area contributed by atoms with Crippen molar-refractivity contribution in [1.82, 2.24) is 14.9 Å². The van der Waals surface area contributed by atoms with E-state index >= 15 is 0 Å². The van der Waals surface area contributed by atoms with Gasteiger partial charge in [0.1, 0.15) is 5.82 Å². The molecule has 1 aliphatic carbocycles. The number of hydrogen-bond donors (Lipinski definition) is 1. The van der Waals surface area contributed by atoms with Crippen molar-refractivity contribution in [1.29, 1.82) is 0 Å². The monoisotopic (exact) mass is 309 g/mol. The summed E-state index contributed by atoms with van der Waals surface area (Å²) >= 11 is 0. The van der Waals surface area contributed by atoms with Gasteiger partial charge in [-0.3, -0.25) is 4.79 Å². The van der Waals surface area contributed by atoms with Crippen molar-refractivity contribution in [3.05, 3.63) is 41.9 Å². The van der Waals surface area contributed by atoms with Crippen LogP contribution in [0.15, 0.2) is 30.5 Å². The summed E-state index contributed by atoms with van der Waals surface area (Å²) in [6, 6.07) is 8.57. The lowest BCUT2D eigenvalue weighted by molar-refractivity contribution is -0.136. The second-order valence-electron chi connectivity index (χ2n) is 6.87. The maximum atomic E-state index is 12.5. The van der Waals surface area contributed by atoms with Crippen LogP contribution in [0.25, 0.3) is 11.3 Å². The molecule has 4 nitrogen and oxygen atoms in total. The van der Waals surface area contributed by atoms with E-state index in [0.717, 1.165) is 49.3 Å². The van der Waals surface area contributed by atoms with Gasteiger partial charge in [0.2, 0.25) is 5.91 Å². The van der Waals surface area contributed by atoms with Crippen LogP contribution in [0.5, 0.6) is 0 Å². The molecule has 2 heterocycles. The Morgan fingerprint density at radius 1 is 1.17 bits per heavy atom. The van der Waals surface area contributed by atoms with Gasteiger partial charge < -0.3 is 9.88 Å². The van der Waals surface area contributed by atoms with Gasteiger partial charge in [-0.1, -0.05) is 29.8 Å². The highest BCUT2D eigenvalue weighted by molar-refractivity contribution is 5.81. The van der Waals surface area contributed by atoms with Gasteiger partial charge in [0.05, 0.1) is 17.9 Å². The molecule has 1 aromatic heterocycles. The van der Waals surface area contributed by atoms with Gasteiger partial charge in [-0.15, -0.1) is 0 Å². The molecular weight excluding hydrogens is 286 g/mol. The summed E-state index contributed by atoms with van der Waals surface area (Å²) in [5.41, 5.74) is 3.43. The Hall–Kier alpha value is -2.10. The molecule has 1 saturated heterocycles. The van der Waals surface area contributed by atoms with Crippen molar-refractivity contribution in [2.45, 2.75) is 45.1 Å². The normalized spacial score (nSPS) is 21.4. The number of aryl methyl sites for hydroxylation is 1. The minimum Gasteiger partial charge on any atom is -0.340 e. The predicted molar refractivity (Wildman–Crippen MR) is 89.8 cm³/mol. The summed E-state index contributed by atoms with van der Waals surface area (Å²) in [6.07, 6.45) is 7.32. The number of piperidine rings is 1. The Labute approximate surface area is 136 Å². The van der Waals surface area contributed by atoms with Crippen molar-refractivity contribution >= 4 is 5.91 Å². The molecule has 1 amide bonds. The summed E-state index contributed by atoms with van der Waals surface area (Å²) in [7, 11) is 0. The largest absolute Gasteiger partial charge is 0.340 e. The SMILES string of the molecule is Cc1ccc(-c2cnc(C3CCCCN3C(=O)C3CC3)[nH]2)cc1.